The number of thiophene rings is 1. The predicted molar refractivity (Wildman–Crippen MR) is 84.5 cm³/mol. The summed E-state index contributed by atoms with van der Waals surface area (Å²) in [5.74, 6) is 0. The smallest absolute Gasteiger partial charge is 0.211 e. The normalized spacial score (nSPS) is 22.2. The van der Waals surface area contributed by atoms with Crippen molar-refractivity contribution in [2.24, 2.45) is 0 Å². The molecule has 1 N–H and O–H groups in total. The molecule has 4 nitrogen and oxygen atoms in total. The molecule has 1 saturated heterocycles. The molecule has 114 valence electrons. The molecule has 1 aromatic rings. The fourth-order valence-electron chi connectivity index (χ4n) is 2.88. The number of nitrogens with zero attached hydrogens (tertiary/aromatic N) is 1. The molecule has 2 rings (SSSR count). The predicted octanol–water partition coefficient (Wildman–Crippen LogP) is 2.60. The van der Waals surface area contributed by atoms with Gasteiger partial charge in [-0.25, -0.2) is 8.42 Å². The Morgan fingerprint density at radius 3 is 2.95 bits per heavy atom. The van der Waals surface area contributed by atoms with E-state index in [1.807, 2.05) is 0 Å². The fourth-order valence-corrected chi connectivity index (χ4v) is 4.77. The summed E-state index contributed by atoms with van der Waals surface area (Å²) in [5.41, 5.74) is 1.32. The van der Waals surface area contributed by atoms with Crippen molar-refractivity contribution in [3.63, 3.8) is 0 Å². The van der Waals surface area contributed by atoms with E-state index in [2.05, 4.69) is 29.1 Å². The average molecular weight is 316 g/mol. The van der Waals surface area contributed by atoms with Crippen LogP contribution in [0.3, 0.4) is 0 Å². The Morgan fingerprint density at radius 2 is 2.35 bits per heavy atom. The van der Waals surface area contributed by atoms with Gasteiger partial charge in [0.25, 0.3) is 0 Å². The van der Waals surface area contributed by atoms with Crippen molar-refractivity contribution in [2.45, 2.75) is 44.7 Å². The van der Waals surface area contributed by atoms with Gasteiger partial charge in [-0.3, -0.25) is 0 Å². The van der Waals surface area contributed by atoms with Crippen LogP contribution in [0.2, 0.25) is 0 Å². The van der Waals surface area contributed by atoms with Crippen molar-refractivity contribution >= 4 is 21.4 Å². The Hall–Kier alpha value is -0.430. The van der Waals surface area contributed by atoms with E-state index in [0.29, 0.717) is 12.6 Å². The molecule has 0 radical (unpaired) electrons. The van der Waals surface area contributed by atoms with Crippen molar-refractivity contribution in [3.8, 4) is 0 Å². The number of sulfonamides is 1. The van der Waals surface area contributed by atoms with Crippen LogP contribution < -0.4 is 5.32 Å². The summed E-state index contributed by atoms with van der Waals surface area (Å²) in [6.45, 7) is 3.59. The lowest BCUT2D eigenvalue weighted by atomic mass is 10.1. The van der Waals surface area contributed by atoms with Gasteiger partial charge in [0.1, 0.15) is 0 Å². The highest BCUT2D eigenvalue weighted by atomic mass is 32.2. The molecule has 1 aliphatic heterocycles. The second kappa shape index (κ2) is 7.02. The molecule has 2 heterocycles. The molecule has 1 aliphatic rings. The molecule has 0 aliphatic carbocycles. The molecule has 1 fully saturated rings. The van der Waals surface area contributed by atoms with E-state index in [9.17, 15) is 8.42 Å². The number of nitrogens with one attached hydrogen (secondary N) is 1. The van der Waals surface area contributed by atoms with Crippen LogP contribution in [0.1, 0.15) is 44.2 Å². The van der Waals surface area contributed by atoms with E-state index in [-0.39, 0.29) is 6.04 Å². The third kappa shape index (κ3) is 4.04. The van der Waals surface area contributed by atoms with Crippen LogP contribution in [0.25, 0.3) is 0 Å². The third-order valence-electron chi connectivity index (χ3n) is 3.87. The van der Waals surface area contributed by atoms with Crippen LogP contribution in [-0.2, 0) is 10.0 Å². The van der Waals surface area contributed by atoms with Gasteiger partial charge in [-0.2, -0.15) is 15.6 Å². The Bertz CT molecular complexity index is 499. The number of hydrogen-bond donors (Lipinski definition) is 1. The zero-order valence-corrected chi connectivity index (χ0v) is 13.8. The van der Waals surface area contributed by atoms with Crippen LogP contribution in [0.15, 0.2) is 16.8 Å². The van der Waals surface area contributed by atoms with E-state index in [0.717, 1.165) is 32.2 Å². The van der Waals surface area contributed by atoms with E-state index in [4.69, 9.17) is 0 Å². The molecular formula is C14H24N2O2S2. The fraction of sp³-hybridized carbons (Fsp3) is 0.714. The molecule has 0 unspecified atom stereocenters. The van der Waals surface area contributed by atoms with E-state index >= 15 is 0 Å². The van der Waals surface area contributed by atoms with Gasteiger partial charge < -0.3 is 5.32 Å². The monoisotopic (exact) mass is 316 g/mol. The quantitative estimate of drug-likeness (QED) is 0.841. The van der Waals surface area contributed by atoms with Crippen LogP contribution >= 0.6 is 11.3 Å². The van der Waals surface area contributed by atoms with Gasteiger partial charge in [-0.05, 0) is 41.7 Å². The summed E-state index contributed by atoms with van der Waals surface area (Å²) < 4.78 is 25.1. The Kier molecular flexibility index (Phi) is 5.60. The molecule has 0 aromatic carbocycles. The van der Waals surface area contributed by atoms with Crippen LogP contribution in [0, 0.1) is 0 Å². The van der Waals surface area contributed by atoms with Gasteiger partial charge in [0.2, 0.25) is 10.0 Å². The van der Waals surface area contributed by atoms with Crippen molar-refractivity contribution in [3.05, 3.63) is 22.4 Å². The lowest BCUT2D eigenvalue weighted by Crippen LogP contribution is -2.41. The maximum Gasteiger partial charge on any atom is 0.211 e. The van der Waals surface area contributed by atoms with E-state index in [1.165, 1.54) is 11.8 Å². The summed E-state index contributed by atoms with van der Waals surface area (Å²) in [4.78, 5) is 0. The van der Waals surface area contributed by atoms with Crippen LogP contribution in [0.5, 0.6) is 0 Å². The summed E-state index contributed by atoms with van der Waals surface area (Å²) >= 11 is 1.71. The van der Waals surface area contributed by atoms with Gasteiger partial charge >= 0.3 is 0 Å². The van der Waals surface area contributed by atoms with Gasteiger partial charge in [-0.1, -0.05) is 13.3 Å². The summed E-state index contributed by atoms with van der Waals surface area (Å²) in [6.07, 6.45) is 5.45. The minimum atomic E-state index is -3.07. The second-order valence-electron chi connectivity index (χ2n) is 5.48. The molecular weight excluding hydrogens is 292 g/mol. The number of rotatable bonds is 7. The summed E-state index contributed by atoms with van der Waals surface area (Å²) in [6, 6.07) is 2.61. The van der Waals surface area contributed by atoms with E-state index in [1.54, 1.807) is 15.6 Å². The molecule has 0 bridgehead atoms. The maximum absolute atomic E-state index is 11.7. The van der Waals surface area contributed by atoms with Gasteiger partial charge in [0.05, 0.1) is 6.26 Å². The molecule has 1 aromatic heterocycles. The van der Waals surface area contributed by atoms with Gasteiger partial charge in [-0.15, -0.1) is 0 Å². The van der Waals surface area contributed by atoms with Crippen molar-refractivity contribution in [2.75, 3.05) is 19.3 Å². The highest BCUT2D eigenvalue weighted by Crippen LogP contribution is 2.24. The Labute approximate surface area is 126 Å². The van der Waals surface area contributed by atoms with Crippen molar-refractivity contribution < 1.29 is 8.42 Å². The maximum atomic E-state index is 11.7. The molecule has 0 saturated carbocycles. The highest BCUT2D eigenvalue weighted by Gasteiger charge is 2.31. The Balaban J connectivity index is 1.95. The lowest BCUT2D eigenvalue weighted by Gasteiger charge is -2.25. The van der Waals surface area contributed by atoms with Crippen molar-refractivity contribution in [1.82, 2.24) is 9.62 Å². The van der Waals surface area contributed by atoms with Crippen LogP contribution in [-0.4, -0.2) is 38.1 Å². The molecule has 0 spiro atoms. The van der Waals surface area contributed by atoms with Gasteiger partial charge in [0.15, 0.2) is 0 Å². The van der Waals surface area contributed by atoms with E-state index < -0.39 is 10.0 Å². The molecule has 6 heteroatoms. The SMILES string of the molecule is CCC[C@H](NC[C@H]1CCCN1S(C)(=O)=O)c1ccsc1. The summed E-state index contributed by atoms with van der Waals surface area (Å²) in [7, 11) is -3.07. The average Bonchev–Trinajstić information content (AvgIpc) is 3.04. The minimum Gasteiger partial charge on any atom is -0.308 e. The molecule has 0 amide bonds. The zero-order chi connectivity index (χ0) is 14.6. The van der Waals surface area contributed by atoms with Gasteiger partial charge in [0, 0.05) is 25.2 Å². The topological polar surface area (TPSA) is 49.4 Å². The lowest BCUT2D eigenvalue weighted by molar-refractivity contribution is 0.353. The first-order valence-corrected chi connectivity index (χ1v) is 10.0. The first kappa shape index (κ1) is 15.9. The zero-order valence-electron chi connectivity index (χ0n) is 12.2. The molecule has 20 heavy (non-hydrogen) atoms. The first-order chi connectivity index (χ1) is 9.52. The highest BCUT2D eigenvalue weighted by molar-refractivity contribution is 7.88. The van der Waals surface area contributed by atoms with Crippen molar-refractivity contribution in [1.29, 1.82) is 0 Å². The standard InChI is InChI=1S/C14H24N2O2S2/c1-3-5-14(12-7-9-19-11-12)15-10-13-6-4-8-16(13)20(2,17)18/h7,9,11,13-15H,3-6,8,10H2,1-2H3/t13-,14+/m1/s1. The minimum absolute atomic E-state index is 0.114. The number of hydrogen-bond acceptors (Lipinski definition) is 4. The second-order valence-corrected chi connectivity index (χ2v) is 8.19. The Morgan fingerprint density at radius 1 is 1.55 bits per heavy atom. The first-order valence-electron chi connectivity index (χ1n) is 7.24. The van der Waals surface area contributed by atoms with Crippen LogP contribution in [0.4, 0.5) is 0 Å². The third-order valence-corrected chi connectivity index (χ3v) is 5.91. The summed E-state index contributed by atoms with van der Waals surface area (Å²) in [5, 5.41) is 7.84. The largest absolute Gasteiger partial charge is 0.308 e. The molecule has 2 atom stereocenters.